The van der Waals surface area contributed by atoms with Gasteiger partial charge in [0.2, 0.25) is 5.82 Å². The molecule has 0 fully saturated rings. The Morgan fingerprint density at radius 3 is 2.68 bits per heavy atom. The van der Waals surface area contributed by atoms with Gasteiger partial charge >= 0.3 is 11.8 Å². The number of benzene rings is 2. The lowest BCUT2D eigenvalue weighted by Gasteiger charge is -2.04. The highest BCUT2D eigenvalue weighted by atomic mass is 16.5. The molecule has 4 aromatic rings. The fraction of sp³-hybridized carbons (Fsp3) is 0.150. The first kappa shape index (κ1) is 17.6. The Hall–Kier alpha value is -3.81. The molecule has 0 bridgehead atoms. The maximum Gasteiger partial charge on any atom is 0.316 e. The molecule has 0 saturated heterocycles. The number of carbonyl (C=O) groups excluding carboxylic acids is 1. The molecule has 8 heteroatoms. The molecule has 4 rings (SSSR count). The van der Waals surface area contributed by atoms with E-state index in [1.54, 1.807) is 16.9 Å². The summed E-state index contributed by atoms with van der Waals surface area (Å²) in [6.45, 7) is 4.52. The topological polar surface area (TPSA) is 98.7 Å². The summed E-state index contributed by atoms with van der Waals surface area (Å²) in [4.78, 5) is 16.5. The van der Waals surface area contributed by atoms with E-state index in [4.69, 9.17) is 4.52 Å². The molecule has 2 heterocycles. The van der Waals surface area contributed by atoms with E-state index in [1.165, 1.54) is 5.56 Å². The lowest BCUT2D eigenvalue weighted by Crippen LogP contribution is -2.13. The van der Waals surface area contributed by atoms with Crippen LogP contribution in [0, 0.1) is 13.8 Å². The van der Waals surface area contributed by atoms with Gasteiger partial charge in [-0.3, -0.25) is 4.79 Å². The van der Waals surface area contributed by atoms with Crippen LogP contribution >= 0.6 is 0 Å². The normalized spacial score (nSPS) is 10.8. The molecule has 1 amide bonds. The van der Waals surface area contributed by atoms with Crippen molar-refractivity contribution in [3.63, 3.8) is 0 Å². The Bertz CT molecular complexity index is 1110. The number of nitrogens with zero attached hydrogens (tertiary/aromatic N) is 5. The summed E-state index contributed by atoms with van der Waals surface area (Å²) in [6, 6.07) is 15.6. The van der Waals surface area contributed by atoms with Crippen molar-refractivity contribution in [3.05, 3.63) is 77.3 Å². The Kier molecular flexibility index (Phi) is 4.67. The zero-order chi connectivity index (χ0) is 19.5. The van der Waals surface area contributed by atoms with Gasteiger partial charge in [0, 0.05) is 5.69 Å². The van der Waals surface area contributed by atoms with Gasteiger partial charge in [0.25, 0.3) is 0 Å². The minimum Gasteiger partial charge on any atom is -0.328 e. The molecule has 0 aliphatic rings. The van der Waals surface area contributed by atoms with E-state index in [1.807, 2.05) is 56.3 Å². The van der Waals surface area contributed by atoms with Gasteiger partial charge in [-0.2, -0.15) is 4.98 Å². The van der Waals surface area contributed by atoms with Crippen molar-refractivity contribution >= 4 is 11.6 Å². The van der Waals surface area contributed by atoms with Crippen molar-refractivity contribution < 1.29 is 9.32 Å². The van der Waals surface area contributed by atoms with Crippen molar-refractivity contribution in [3.8, 4) is 11.5 Å². The molecule has 0 atom stereocenters. The fourth-order valence-corrected chi connectivity index (χ4v) is 2.67. The highest BCUT2D eigenvalue weighted by Gasteiger charge is 2.18. The first-order valence-corrected chi connectivity index (χ1v) is 8.75. The fourth-order valence-electron chi connectivity index (χ4n) is 2.67. The average molecular weight is 374 g/mol. The van der Waals surface area contributed by atoms with E-state index < -0.39 is 5.91 Å². The minimum atomic E-state index is -0.472. The SMILES string of the molecule is Cc1ccc(Cn2cc(-c3noc(C(=O)Nc4ccccc4C)n3)nn2)cc1. The number of carbonyl (C=O) groups is 1. The summed E-state index contributed by atoms with van der Waals surface area (Å²) < 4.78 is 6.77. The van der Waals surface area contributed by atoms with Crippen LogP contribution in [-0.2, 0) is 6.54 Å². The van der Waals surface area contributed by atoms with Gasteiger partial charge in [-0.15, -0.1) is 5.10 Å². The van der Waals surface area contributed by atoms with Gasteiger partial charge in [-0.25, -0.2) is 4.68 Å². The van der Waals surface area contributed by atoms with E-state index in [-0.39, 0.29) is 11.7 Å². The number of amides is 1. The second-order valence-corrected chi connectivity index (χ2v) is 6.48. The number of aryl methyl sites for hydroxylation is 2. The number of nitrogens with one attached hydrogen (secondary N) is 1. The van der Waals surface area contributed by atoms with E-state index in [2.05, 4.69) is 25.8 Å². The van der Waals surface area contributed by atoms with Gasteiger partial charge < -0.3 is 9.84 Å². The summed E-state index contributed by atoms with van der Waals surface area (Å²) in [5.41, 5.74) is 4.37. The zero-order valence-corrected chi connectivity index (χ0v) is 15.5. The number of hydrogen-bond acceptors (Lipinski definition) is 6. The van der Waals surface area contributed by atoms with Crippen LogP contribution in [0.4, 0.5) is 5.69 Å². The number of hydrogen-bond donors (Lipinski definition) is 1. The second-order valence-electron chi connectivity index (χ2n) is 6.48. The molecule has 28 heavy (non-hydrogen) atoms. The summed E-state index contributed by atoms with van der Waals surface area (Å²) in [7, 11) is 0. The largest absolute Gasteiger partial charge is 0.328 e. The molecule has 8 nitrogen and oxygen atoms in total. The molecular formula is C20H18N6O2. The predicted molar refractivity (Wildman–Crippen MR) is 103 cm³/mol. The third-order valence-corrected chi connectivity index (χ3v) is 4.25. The number of anilines is 1. The molecule has 2 aromatic carbocycles. The molecule has 0 unspecified atom stereocenters. The average Bonchev–Trinajstić information content (AvgIpc) is 3.35. The highest BCUT2D eigenvalue weighted by molar-refractivity contribution is 6.01. The monoisotopic (exact) mass is 374 g/mol. The summed E-state index contributed by atoms with van der Waals surface area (Å²) in [5, 5.41) is 14.8. The van der Waals surface area contributed by atoms with Gasteiger partial charge in [0.05, 0.1) is 12.7 Å². The smallest absolute Gasteiger partial charge is 0.316 e. The van der Waals surface area contributed by atoms with E-state index in [0.717, 1.165) is 11.1 Å². The molecule has 0 aliphatic heterocycles. The molecule has 0 radical (unpaired) electrons. The van der Waals surface area contributed by atoms with Crippen LogP contribution in [0.25, 0.3) is 11.5 Å². The third kappa shape index (κ3) is 3.80. The Morgan fingerprint density at radius 2 is 1.89 bits per heavy atom. The van der Waals surface area contributed by atoms with Gasteiger partial charge in [-0.1, -0.05) is 58.4 Å². The van der Waals surface area contributed by atoms with Crippen LogP contribution < -0.4 is 5.32 Å². The standard InChI is InChI=1S/C20H18N6O2/c1-13-7-9-15(10-8-13)11-26-12-17(23-25-26)18-22-20(28-24-18)19(27)21-16-6-4-3-5-14(16)2/h3-10,12H,11H2,1-2H3,(H,21,27). The molecule has 1 N–H and O–H groups in total. The van der Waals surface area contributed by atoms with Crippen molar-refractivity contribution in [2.24, 2.45) is 0 Å². The third-order valence-electron chi connectivity index (χ3n) is 4.25. The van der Waals surface area contributed by atoms with Crippen LogP contribution in [-0.4, -0.2) is 31.0 Å². The number of rotatable bonds is 5. The lowest BCUT2D eigenvalue weighted by atomic mass is 10.1. The van der Waals surface area contributed by atoms with Gasteiger partial charge in [-0.05, 0) is 31.0 Å². The van der Waals surface area contributed by atoms with Crippen molar-refractivity contribution in [1.82, 2.24) is 25.1 Å². The zero-order valence-electron chi connectivity index (χ0n) is 15.5. The Morgan fingerprint density at radius 1 is 1.11 bits per heavy atom. The molecule has 0 spiro atoms. The van der Waals surface area contributed by atoms with Crippen molar-refractivity contribution in [2.45, 2.75) is 20.4 Å². The van der Waals surface area contributed by atoms with Gasteiger partial charge in [0.1, 0.15) is 0 Å². The first-order chi connectivity index (χ1) is 13.6. The van der Waals surface area contributed by atoms with Crippen LogP contribution in [0.2, 0.25) is 0 Å². The summed E-state index contributed by atoms with van der Waals surface area (Å²) in [6.07, 6.45) is 1.72. The Balaban J connectivity index is 1.47. The van der Waals surface area contributed by atoms with E-state index in [9.17, 15) is 4.79 Å². The highest BCUT2D eigenvalue weighted by Crippen LogP contribution is 2.16. The van der Waals surface area contributed by atoms with Gasteiger partial charge in [0.15, 0.2) is 5.69 Å². The first-order valence-electron chi connectivity index (χ1n) is 8.75. The molecular weight excluding hydrogens is 356 g/mol. The molecule has 2 aromatic heterocycles. The summed E-state index contributed by atoms with van der Waals surface area (Å²) in [5.74, 6) is -0.392. The van der Waals surface area contributed by atoms with Crippen LogP contribution in [0.3, 0.4) is 0 Å². The number of aromatic nitrogens is 5. The molecule has 0 aliphatic carbocycles. The van der Waals surface area contributed by atoms with Crippen molar-refractivity contribution in [2.75, 3.05) is 5.32 Å². The molecule has 140 valence electrons. The van der Waals surface area contributed by atoms with Crippen molar-refractivity contribution in [1.29, 1.82) is 0 Å². The van der Waals surface area contributed by atoms with E-state index in [0.29, 0.717) is 17.9 Å². The summed E-state index contributed by atoms with van der Waals surface area (Å²) >= 11 is 0. The van der Waals surface area contributed by atoms with E-state index >= 15 is 0 Å². The predicted octanol–water partition coefficient (Wildman–Crippen LogP) is 3.25. The van der Waals surface area contributed by atoms with Crippen LogP contribution in [0.15, 0.2) is 59.3 Å². The maximum atomic E-state index is 12.3. The number of para-hydroxylation sites is 1. The molecule has 0 saturated carbocycles. The van der Waals surface area contributed by atoms with Crippen LogP contribution in [0.1, 0.15) is 27.4 Å². The minimum absolute atomic E-state index is 0.133. The maximum absolute atomic E-state index is 12.3. The Labute approximate surface area is 161 Å². The quantitative estimate of drug-likeness (QED) is 0.576. The van der Waals surface area contributed by atoms with Crippen LogP contribution in [0.5, 0.6) is 0 Å². The second kappa shape index (κ2) is 7.43. The lowest BCUT2D eigenvalue weighted by molar-refractivity contribution is 0.0981.